The molecule has 5 heteroatoms. The fraction of sp³-hybridized carbons (Fsp3) is 0.0588. The van der Waals surface area contributed by atoms with Crippen LogP contribution in [0, 0.1) is 0 Å². The molecule has 3 aromatic rings. The van der Waals surface area contributed by atoms with Crippen molar-refractivity contribution in [3.05, 3.63) is 76.7 Å². The van der Waals surface area contributed by atoms with Gasteiger partial charge in [0.15, 0.2) is 0 Å². The Morgan fingerprint density at radius 3 is 2.59 bits per heavy atom. The Kier molecular flexibility index (Phi) is 4.34. The molecule has 0 saturated carbocycles. The number of rotatable bonds is 4. The van der Waals surface area contributed by atoms with Crippen molar-refractivity contribution in [2.75, 3.05) is 0 Å². The fourth-order valence-corrected chi connectivity index (χ4v) is 2.59. The van der Waals surface area contributed by atoms with E-state index in [0.29, 0.717) is 12.1 Å². The molecule has 0 saturated heterocycles. The zero-order valence-electron chi connectivity index (χ0n) is 11.7. The summed E-state index contributed by atoms with van der Waals surface area (Å²) in [4.78, 5) is 19.6. The molecule has 0 unspecified atom stereocenters. The molecule has 1 heterocycles. The van der Waals surface area contributed by atoms with Gasteiger partial charge in [0.1, 0.15) is 5.82 Å². The Labute approximate surface area is 136 Å². The summed E-state index contributed by atoms with van der Waals surface area (Å²) in [6, 6.07) is 17.3. The second-order valence-electron chi connectivity index (χ2n) is 4.77. The summed E-state index contributed by atoms with van der Waals surface area (Å²) in [5.41, 5.74) is 2.61. The maximum Gasteiger partial charge on any atom is 0.252 e. The van der Waals surface area contributed by atoms with Gasteiger partial charge in [-0.1, -0.05) is 42.5 Å². The Bertz CT molecular complexity index is 783. The summed E-state index contributed by atoms with van der Waals surface area (Å²) >= 11 is 3.37. The number of hydrogen-bond donors (Lipinski definition) is 2. The lowest BCUT2D eigenvalue weighted by atomic mass is 10.2. The van der Waals surface area contributed by atoms with Crippen LogP contribution < -0.4 is 5.32 Å². The van der Waals surface area contributed by atoms with Gasteiger partial charge >= 0.3 is 0 Å². The average molecular weight is 356 g/mol. The highest BCUT2D eigenvalue weighted by atomic mass is 79.9. The zero-order chi connectivity index (χ0) is 15.4. The number of carbonyl (C=O) groups excluding carboxylic acids is 1. The number of imidazole rings is 1. The number of benzene rings is 2. The fourth-order valence-electron chi connectivity index (χ4n) is 2.12. The Hall–Kier alpha value is -2.40. The van der Waals surface area contributed by atoms with Crippen LogP contribution >= 0.6 is 15.9 Å². The molecule has 0 bridgehead atoms. The highest BCUT2D eigenvalue weighted by molar-refractivity contribution is 9.10. The first-order valence-electron chi connectivity index (χ1n) is 6.86. The van der Waals surface area contributed by atoms with E-state index in [9.17, 15) is 4.79 Å². The van der Waals surface area contributed by atoms with Crippen LogP contribution in [0.1, 0.15) is 16.2 Å². The summed E-state index contributed by atoms with van der Waals surface area (Å²) in [7, 11) is 0. The van der Waals surface area contributed by atoms with E-state index in [1.165, 1.54) is 0 Å². The van der Waals surface area contributed by atoms with Gasteiger partial charge in [-0.3, -0.25) is 4.79 Å². The Morgan fingerprint density at radius 2 is 1.82 bits per heavy atom. The lowest BCUT2D eigenvalue weighted by molar-refractivity contribution is 0.0949. The first kappa shape index (κ1) is 14.5. The Balaban J connectivity index is 1.67. The monoisotopic (exact) mass is 355 g/mol. The number of halogens is 1. The standard InChI is InChI=1S/C17H14BrN3O/c18-14-9-5-4-8-13(14)17(22)20-11-16-19-10-15(21-16)12-6-2-1-3-7-12/h1-10H,11H2,(H,19,21)(H,20,22). The van der Waals surface area contributed by atoms with Crippen LogP contribution in [0.4, 0.5) is 0 Å². The van der Waals surface area contributed by atoms with Crippen LogP contribution in [0.15, 0.2) is 65.3 Å². The number of amides is 1. The molecule has 0 aliphatic carbocycles. The number of H-pyrrole nitrogens is 1. The summed E-state index contributed by atoms with van der Waals surface area (Å²) in [5.74, 6) is 0.587. The second kappa shape index (κ2) is 6.58. The van der Waals surface area contributed by atoms with Gasteiger partial charge in [0, 0.05) is 4.47 Å². The predicted molar refractivity (Wildman–Crippen MR) is 89.3 cm³/mol. The van der Waals surface area contributed by atoms with E-state index in [1.54, 1.807) is 12.3 Å². The normalized spacial score (nSPS) is 10.4. The quantitative estimate of drug-likeness (QED) is 0.748. The molecule has 2 aromatic carbocycles. The minimum absolute atomic E-state index is 0.134. The van der Waals surface area contributed by atoms with E-state index >= 15 is 0 Å². The number of nitrogens with zero attached hydrogens (tertiary/aromatic N) is 1. The van der Waals surface area contributed by atoms with Crippen molar-refractivity contribution in [2.24, 2.45) is 0 Å². The third-order valence-electron chi connectivity index (χ3n) is 3.25. The van der Waals surface area contributed by atoms with Crippen LogP contribution in [-0.2, 0) is 6.54 Å². The highest BCUT2D eigenvalue weighted by Gasteiger charge is 2.10. The minimum atomic E-state index is -0.134. The summed E-state index contributed by atoms with van der Waals surface area (Å²) in [5, 5.41) is 2.86. The minimum Gasteiger partial charge on any atom is -0.345 e. The topological polar surface area (TPSA) is 57.8 Å². The number of nitrogens with one attached hydrogen (secondary N) is 2. The number of aromatic amines is 1. The third kappa shape index (κ3) is 3.26. The van der Waals surface area contributed by atoms with E-state index in [-0.39, 0.29) is 5.91 Å². The van der Waals surface area contributed by atoms with Gasteiger partial charge in [0.2, 0.25) is 0 Å². The van der Waals surface area contributed by atoms with Crippen LogP contribution in [0.2, 0.25) is 0 Å². The molecule has 22 heavy (non-hydrogen) atoms. The van der Waals surface area contributed by atoms with Gasteiger partial charge in [-0.15, -0.1) is 0 Å². The molecule has 0 radical (unpaired) electrons. The predicted octanol–water partition coefficient (Wildman–Crippen LogP) is 3.77. The van der Waals surface area contributed by atoms with E-state index in [1.807, 2.05) is 48.5 Å². The molecule has 110 valence electrons. The van der Waals surface area contributed by atoms with Crippen molar-refractivity contribution < 1.29 is 4.79 Å². The van der Waals surface area contributed by atoms with E-state index in [0.717, 1.165) is 21.6 Å². The molecule has 3 rings (SSSR count). The van der Waals surface area contributed by atoms with E-state index < -0.39 is 0 Å². The SMILES string of the molecule is O=C(NCc1ncc(-c2ccccc2)[nH]1)c1ccccc1Br. The van der Waals surface area contributed by atoms with Crippen molar-refractivity contribution in [3.8, 4) is 11.3 Å². The molecule has 4 nitrogen and oxygen atoms in total. The third-order valence-corrected chi connectivity index (χ3v) is 3.94. The van der Waals surface area contributed by atoms with Gasteiger partial charge in [0.05, 0.1) is 24.0 Å². The first-order valence-corrected chi connectivity index (χ1v) is 7.65. The average Bonchev–Trinajstić information content (AvgIpc) is 3.03. The van der Waals surface area contributed by atoms with Crippen molar-refractivity contribution in [1.29, 1.82) is 0 Å². The number of aromatic nitrogens is 2. The summed E-state index contributed by atoms with van der Waals surface area (Å²) in [6.45, 7) is 0.354. The largest absolute Gasteiger partial charge is 0.345 e. The molecule has 0 spiro atoms. The zero-order valence-corrected chi connectivity index (χ0v) is 13.3. The Morgan fingerprint density at radius 1 is 1.09 bits per heavy atom. The van der Waals surface area contributed by atoms with Crippen molar-refractivity contribution >= 4 is 21.8 Å². The van der Waals surface area contributed by atoms with E-state index in [4.69, 9.17) is 0 Å². The first-order chi connectivity index (χ1) is 10.7. The van der Waals surface area contributed by atoms with Crippen molar-refractivity contribution in [2.45, 2.75) is 6.54 Å². The van der Waals surface area contributed by atoms with Gasteiger partial charge < -0.3 is 10.3 Å². The number of carbonyl (C=O) groups is 1. The second-order valence-corrected chi connectivity index (χ2v) is 5.63. The maximum absolute atomic E-state index is 12.1. The summed E-state index contributed by atoms with van der Waals surface area (Å²) < 4.78 is 0.775. The molecule has 2 N–H and O–H groups in total. The van der Waals surface area contributed by atoms with Gasteiger partial charge in [-0.2, -0.15) is 0 Å². The van der Waals surface area contributed by atoms with E-state index in [2.05, 4.69) is 31.2 Å². The van der Waals surface area contributed by atoms with Gasteiger partial charge in [-0.25, -0.2) is 4.98 Å². The van der Waals surface area contributed by atoms with Crippen LogP contribution in [-0.4, -0.2) is 15.9 Å². The lowest BCUT2D eigenvalue weighted by Gasteiger charge is -2.05. The molecule has 1 aromatic heterocycles. The highest BCUT2D eigenvalue weighted by Crippen LogP contribution is 2.17. The molecular weight excluding hydrogens is 342 g/mol. The lowest BCUT2D eigenvalue weighted by Crippen LogP contribution is -2.23. The van der Waals surface area contributed by atoms with Crippen molar-refractivity contribution in [3.63, 3.8) is 0 Å². The number of hydrogen-bond acceptors (Lipinski definition) is 2. The molecule has 0 aliphatic rings. The molecule has 0 fully saturated rings. The van der Waals surface area contributed by atoms with Crippen LogP contribution in [0.25, 0.3) is 11.3 Å². The molecule has 1 amide bonds. The maximum atomic E-state index is 12.1. The van der Waals surface area contributed by atoms with Crippen LogP contribution in [0.5, 0.6) is 0 Å². The molecule has 0 aliphatic heterocycles. The van der Waals surface area contributed by atoms with Crippen molar-refractivity contribution in [1.82, 2.24) is 15.3 Å². The van der Waals surface area contributed by atoms with Crippen LogP contribution in [0.3, 0.4) is 0 Å². The van der Waals surface area contributed by atoms with Gasteiger partial charge in [0.25, 0.3) is 5.91 Å². The molecule has 0 atom stereocenters. The smallest absolute Gasteiger partial charge is 0.252 e. The summed E-state index contributed by atoms with van der Waals surface area (Å²) in [6.07, 6.45) is 1.77. The van der Waals surface area contributed by atoms with Gasteiger partial charge in [-0.05, 0) is 33.6 Å². The molecular formula is C17H14BrN3O.